The van der Waals surface area contributed by atoms with Gasteiger partial charge in [-0.25, -0.2) is 19.2 Å². The van der Waals surface area contributed by atoms with Crippen LogP contribution in [-0.2, 0) is 9.47 Å². The van der Waals surface area contributed by atoms with Crippen LogP contribution in [0.5, 0.6) is 23.0 Å². The Hall–Kier alpha value is -4.46. The first-order valence-electron chi connectivity index (χ1n) is 8.75. The molecule has 0 fully saturated rings. The van der Waals surface area contributed by atoms with Gasteiger partial charge in [0.15, 0.2) is 0 Å². The summed E-state index contributed by atoms with van der Waals surface area (Å²) in [4.78, 5) is 46.4. The van der Waals surface area contributed by atoms with Crippen molar-refractivity contribution in [3.05, 3.63) is 82.9 Å². The van der Waals surface area contributed by atoms with E-state index in [-0.39, 0.29) is 22.3 Å². The average molecular weight is 402 g/mol. The molecule has 0 aliphatic carbocycles. The van der Waals surface area contributed by atoms with Crippen LogP contribution < -0.4 is 9.47 Å². The maximum atomic E-state index is 11.7. The molecule has 0 aromatic heterocycles. The molecular weight excluding hydrogens is 392 g/mol. The lowest BCUT2D eigenvalue weighted by Gasteiger charge is -2.10. The number of carbonyl (C=O) groups is 4. The fourth-order valence-corrected chi connectivity index (χ4v) is 3.13. The Morgan fingerprint density at radius 1 is 0.467 bits per heavy atom. The highest BCUT2D eigenvalue weighted by molar-refractivity contribution is 6.15. The van der Waals surface area contributed by atoms with Crippen molar-refractivity contribution in [1.29, 1.82) is 0 Å². The normalized spacial score (nSPS) is 14.1. The Morgan fingerprint density at radius 3 is 1.33 bits per heavy atom. The Kier molecular flexibility index (Phi) is 3.85. The van der Waals surface area contributed by atoms with Crippen molar-refractivity contribution < 1.29 is 38.1 Å². The number of ether oxygens (including phenoxy) is 4. The molecule has 30 heavy (non-hydrogen) atoms. The third-order valence-electron chi connectivity index (χ3n) is 4.51. The number of fused-ring (bicyclic) bond motifs is 2. The molecule has 2 aliphatic heterocycles. The smallest absolute Gasteiger partial charge is 0.347 e. The highest BCUT2D eigenvalue weighted by Gasteiger charge is 2.31. The molecule has 0 N–H and O–H groups in total. The largest absolute Gasteiger partial charge is 0.457 e. The summed E-state index contributed by atoms with van der Waals surface area (Å²) in [5.74, 6) is -1.28. The van der Waals surface area contributed by atoms with Gasteiger partial charge in [-0.3, -0.25) is 0 Å². The zero-order valence-corrected chi connectivity index (χ0v) is 15.0. The first-order chi connectivity index (χ1) is 14.5. The number of carbonyl (C=O) groups excluding carboxylic acids is 4. The van der Waals surface area contributed by atoms with E-state index in [2.05, 4.69) is 9.47 Å². The number of hydrogen-bond donors (Lipinski definition) is 0. The molecule has 3 aromatic carbocycles. The van der Waals surface area contributed by atoms with Gasteiger partial charge in [0.2, 0.25) is 0 Å². The Labute approximate surface area is 168 Å². The van der Waals surface area contributed by atoms with E-state index in [9.17, 15) is 19.2 Å². The monoisotopic (exact) mass is 402 g/mol. The lowest BCUT2D eigenvalue weighted by atomic mass is 10.1. The predicted molar refractivity (Wildman–Crippen MR) is 99.0 cm³/mol. The number of esters is 4. The summed E-state index contributed by atoms with van der Waals surface area (Å²) in [7, 11) is 0. The summed E-state index contributed by atoms with van der Waals surface area (Å²) in [5.41, 5.74) is 0.671. The van der Waals surface area contributed by atoms with Crippen LogP contribution in [0.15, 0.2) is 60.7 Å². The topological polar surface area (TPSA) is 105 Å². The van der Waals surface area contributed by atoms with Gasteiger partial charge in [-0.15, -0.1) is 0 Å². The molecule has 0 radical (unpaired) electrons. The van der Waals surface area contributed by atoms with Gasteiger partial charge in [0, 0.05) is 6.07 Å². The van der Waals surface area contributed by atoms with Gasteiger partial charge in [-0.1, -0.05) is 6.07 Å². The van der Waals surface area contributed by atoms with Crippen LogP contribution in [0.4, 0.5) is 0 Å². The van der Waals surface area contributed by atoms with Crippen LogP contribution in [-0.4, -0.2) is 23.9 Å². The standard InChI is InChI=1S/C22H10O8/c23-19-15-6-4-13(9-17(15)21(25)29-19)27-11-2-1-3-12(8-11)28-14-5-7-16-18(10-14)22(26)30-20(16)24/h1-10H. The number of rotatable bonds is 4. The molecule has 0 bridgehead atoms. The van der Waals surface area contributed by atoms with Crippen molar-refractivity contribution in [2.45, 2.75) is 0 Å². The Bertz CT molecular complexity index is 1180. The molecule has 8 heteroatoms. The fraction of sp³-hybridized carbons (Fsp3) is 0. The second-order valence-electron chi connectivity index (χ2n) is 6.45. The van der Waals surface area contributed by atoms with Crippen LogP contribution in [0.25, 0.3) is 0 Å². The molecule has 0 amide bonds. The van der Waals surface area contributed by atoms with E-state index in [0.717, 1.165) is 0 Å². The molecular formula is C22H10O8. The first kappa shape index (κ1) is 17.6. The molecule has 0 saturated carbocycles. The summed E-state index contributed by atoms with van der Waals surface area (Å²) < 4.78 is 20.6. The van der Waals surface area contributed by atoms with E-state index < -0.39 is 23.9 Å². The van der Waals surface area contributed by atoms with Crippen LogP contribution in [0, 0.1) is 0 Å². The second kappa shape index (κ2) is 6.56. The molecule has 2 heterocycles. The fourth-order valence-electron chi connectivity index (χ4n) is 3.13. The van der Waals surface area contributed by atoms with Gasteiger partial charge in [0.25, 0.3) is 0 Å². The molecule has 2 aliphatic rings. The predicted octanol–water partition coefficient (Wildman–Crippen LogP) is 3.89. The van der Waals surface area contributed by atoms with Gasteiger partial charge in [0.1, 0.15) is 23.0 Å². The lowest BCUT2D eigenvalue weighted by molar-refractivity contribution is 0.0425. The number of hydrogen-bond acceptors (Lipinski definition) is 8. The third kappa shape index (κ3) is 2.96. The maximum Gasteiger partial charge on any atom is 0.347 e. The zero-order chi connectivity index (χ0) is 20.8. The molecule has 146 valence electrons. The van der Waals surface area contributed by atoms with Crippen molar-refractivity contribution in [2.24, 2.45) is 0 Å². The highest BCUT2D eigenvalue weighted by atomic mass is 16.6. The quantitative estimate of drug-likeness (QED) is 0.478. The van der Waals surface area contributed by atoms with Gasteiger partial charge < -0.3 is 18.9 Å². The average Bonchev–Trinajstić information content (AvgIpc) is 3.17. The van der Waals surface area contributed by atoms with Crippen molar-refractivity contribution >= 4 is 23.9 Å². The second-order valence-corrected chi connectivity index (χ2v) is 6.45. The first-order valence-corrected chi connectivity index (χ1v) is 8.75. The zero-order valence-electron chi connectivity index (χ0n) is 15.0. The minimum Gasteiger partial charge on any atom is -0.457 e. The van der Waals surface area contributed by atoms with E-state index in [1.165, 1.54) is 24.3 Å². The van der Waals surface area contributed by atoms with E-state index in [4.69, 9.17) is 9.47 Å². The van der Waals surface area contributed by atoms with Gasteiger partial charge >= 0.3 is 23.9 Å². The minimum absolute atomic E-state index is 0.143. The van der Waals surface area contributed by atoms with Crippen LogP contribution in [0.1, 0.15) is 41.4 Å². The van der Waals surface area contributed by atoms with E-state index >= 15 is 0 Å². The number of benzene rings is 3. The van der Waals surface area contributed by atoms with Crippen molar-refractivity contribution in [2.75, 3.05) is 0 Å². The Balaban J connectivity index is 1.37. The summed E-state index contributed by atoms with van der Waals surface area (Å²) in [6, 6.07) is 15.6. The minimum atomic E-state index is -0.717. The van der Waals surface area contributed by atoms with Gasteiger partial charge in [-0.05, 0) is 48.5 Å². The summed E-state index contributed by atoms with van der Waals surface area (Å²) in [6.07, 6.45) is 0. The van der Waals surface area contributed by atoms with Crippen LogP contribution >= 0.6 is 0 Å². The highest BCUT2D eigenvalue weighted by Crippen LogP contribution is 2.32. The molecule has 3 aromatic rings. The van der Waals surface area contributed by atoms with Crippen molar-refractivity contribution in [3.8, 4) is 23.0 Å². The van der Waals surface area contributed by atoms with Crippen molar-refractivity contribution in [3.63, 3.8) is 0 Å². The third-order valence-corrected chi connectivity index (χ3v) is 4.51. The lowest BCUT2D eigenvalue weighted by Crippen LogP contribution is -1.97. The molecule has 0 atom stereocenters. The molecule has 5 rings (SSSR count). The molecule has 8 nitrogen and oxygen atoms in total. The van der Waals surface area contributed by atoms with Gasteiger partial charge in [-0.2, -0.15) is 0 Å². The summed E-state index contributed by atoms with van der Waals surface area (Å²) in [6.45, 7) is 0. The van der Waals surface area contributed by atoms with Crippen LogP contribution in [0.3, 0.4) is 0 Å². The maximum absolute atomic E-state index is 11.7. The van der Waals surface area contributed by atoms with Gasteiger partial charge in [0.05, 0.1) is 22.3 Å². The molecule has 0 spiro atoms. The van der Waals surface area contributed by atoms with Crippen LogP contribution in [0.2, 0.25) is 0 Å². The van der Waals surface area contributed by atoms with Crippen molar-refractivity contribution in [1.82, 2.24) is 0 Å². The summed E-state index contributed by atoms with van der Waals surface area (Å²) >= 11 is 0. The molecule has 0 saturated heterocycles. The molecule has 0 unspecified atom stereocenters. The SMILES string of the molecule is O=C1OC(=O)c2cc(Oc3cccc(Oc4ccc5c(c4)C(=O)OC5=O)c3)ccc21. The van der Waals surface area contributed by atoms with E-state index in [1.54, 1.807) is 36.4 Å². The van der Waals surface area contributed by atoms with E-state index in [0.29, 0.717) is 23.0 Å². The summed E-state index contributed by atoms with van der Waals surface area (Å²) in [5, 5.41) is 0. The van der Waals surface area contributed by atoms with E-state index in [1.807, 2.05) is 0 Å². The number of cyclic esters (lactones) is 4. The Morgan fingerprint density at radius 2 is 0.867 bits per heavy atom.